The van der Waals surface area contributed by atoms with Gasteiger partial charge in [0.05, 0.1) is 29.0 Å². The highest BCUT2D eigenvalue weighted by atomic mass is 79.9. The number of nitro benzene ring substituents is 1. The molecule has 3 aromatic heterocycles. The number of non-ortho nitro benzene ring substituents is 1. The Balaban J connectivity index is 1.38. The average Bonchev–Trinajstić information content (AvgIpc) is 3.42. The molecule has 1 aliphatic carbocycles. The normalized spacial score (nSPS) is 19.9. The number of ether oxygens (including phenoxy) is 1. The zero-order chi connectivity index (χ0) is 26.7. The van der Waals surface area contributed by atoms with Gasteiger partial charge in [0.25, 0.3) is 5.69 Å². The highest BCUT2D eigenvalue weighted by molar-refractivity contribution is 9.10. The fourth-order valence-corrected chi connectivity index (χ4v) is 5.73. The lowest BCUT2D eigenvalue weighted by Crippen LogP contribution is -2.46. The molecule has 0 spiro atoms. The summed E-state index contributed by atoms with van der Waals surface area (Å²) in [5.41, 5.74) is 6.72. The van der Waals surface area contributed by atoms with E-state index in [0.29, 0.717) is 38.8 Å². The van der Waals surface area contributed by atoms with Gasteiger partial charge in [0.2, 0.25) is 11.8 Å². The summed E-state index contributed by atoms with van der Waals surface area (Å²) >= 11 is 3.29. The molecule has 1 saturated heterocycles. The number of anilines is 2. The number of halogens is 1. The van der Waals surface area contributed by atoms with Gasteiger partial charge in [-0.2, -0.15) is 0 Å². The summed E-state index contributed by atoms with van der Waals surface area (Å²) in [5.74, 6) is 0.375. The van der Waals surface area contributed by atoms with Crippen LogP contribution in [0.5, 0.6) is 5.75 Å². The minimum absolute atomic E-state index is 0.0236. The van der Waals surface area contributed by atoms with Gasteiger partial charge in [0.15, 0.2) is 0 Å². The monoisotopic (exact) mass is 580 g/mol. The minimum Gasteiger partial charge on any atom is -0.494 e. The smallest absolute Gasteiger partial charge is 0.273 e. The first-order valence-corrected chi connectivity index (χ1v) is 12.6. The van der Waals surface area contributed by atoms with Crippen molar-refractivity contribution in [3.8, 4) is 5.75 Å². The van der Waals surface area contributed by atoms with E-state index >= 15 is 0 Å². The topological polar surface area (TPSA) is 171 Å². The van der Waals surface area contributed by atoms with Crippen LogP contribution in [0, 0.1) is 16.0 Å². The third-order valence-corrected chi connectivity index (χ3v) is 7.54. The van der Waals surface area contributed by atoms with Gasteiger partial charge in [0, 0.05) is 17.5 Å². The van der Waals surface area contributed by atoms with Gasteiger partial charge >= 0.3 is 0 Å². The second-order valence-corrected chi connectivity index (χ2v) is 10.1. The molecular formula is C24H21BrN8O5. The molecule has 2 aliphatic rings. The number of carbonyl (C=O) groups excluding carboxylic acids is 2. The van der Waals surface area contributed by atoms with E-state index in [1.54, 1.807) is 27.7 Å². The SMILES string of the molecule is COc1cc([N+](=O)[O-])cc2c3c(N)ncnc3n(CC(=O)N3[C@@H]4C[C@@H]4C[C@H]3C(=O)Nc3cccc(Br)n3)c12. The molecule has 194 valence electrons. The lowest BCUT2D eigenvalue weighted by molar-refractivity contribution is -0.384. The second kappa shape index (κ2) is 8.90. The number of nitrogens with zero attached hydrogens (tertiary/aromatic N) is 6. The van der Waals surface area contributed by atoms with Gasteiger partial charge in [-0.25, -0.2) is 15.0 Å². The molecule has 38 heavy (non-hydrogen) atoms. The Morgan fingerprint density at radius 2 is 2.11 bits per heavy atom. The van der Waals surface area contributed by atoms with Crippen LogP contribution >= 0.6 is 15.9 Å². The van der Waals surface area contributed by atoms with Crippen molar-refractivity contribution in [2.75, 3.05) is 18.2 Å². The second-order valence-electron chi connectivity index (χ2n) is 9.30. The van der Waals surface area contributed by atoms with Crippen LogP contribution in [-0.2, 0) is 16.1 Å². The molecule has 4 heterocycles. The molecule has 0 bridgehead atoms. The summed E-state index contributed by atoms with van der Waals surface area (Å²) in [4.78, 5) is 52.3. The molecule has 1 aromatic carbocycles. The number of amides is 2. The molecule has 14 heteroatoms. The molecule has 3 atom stereocenters. The summed E-state index contributed by atoms with van der Waals surface area (Å²) < 4.78 is 7.69. The lowest BCUT2D eigenvalue weighted by atomic mass is 10.1. The molecule has 0 radical (unpaired) electrons. The van der Waals surface area contributed by atoms with Crippen LogP contribution in [0.2, 0.25) is 0 Å². The zero-order valence-corrected chi connectivity index (χ0v) is 21.6. The average molecular weight is 581 g/mol. The predicted molar refractivity (Wildman–Crippen MR) is 140 cm³/mol. The number of pyridine rings is 1. The van der Waals surface area contributed by atoms with Crippen molar-refractivity contribution in [3.05, 3.63) is 51.4 Å². The summed E-state index contributed by atoms with van der Waals surface area (Å²) in [6.07, 6.45) is 2.67. The van der Waals surface area contributed by atoms with E-state index in [9.17, 15) is 19.7 Å². The van der Waals surface area contributed by atoms with E-state index < -0.39 is 11.0 Å². The number of hydrogen-bond acceptors (Lipinski definition) is 9. The first-order chi connectivity index (χ1) is 18.3. The number of fused-ring (bicyclic) bond motifs is 4. The van der Waals surface area contributed by atoms with E-state index in [1.807, 2.05) is 0 Å². The number of nitrogen functional groups attached to an aromatic ring is 1. The summed E-state index contributed by atoms with van der Waals surface area (Å²) in [5, 5.41) is 15.2. The first-order valence-electron chi connectivity index (χ1n) is 11.8. The summed E-state index contributed by atoms with van der Waals surface area (Å²) in [6.45, 7) is -0.174. The van der Waals surface area contributed by atoms with Crippen molar-refractivity contribution < 1.29 is 19.2 Å². The van der Waals surface area contributed by atoms with Crippen LogP contribution in [-0.4, -0.2) is 60.4 Å². The first kappa shape index (κ1) is 24.0. The number of carbonyl (C=O) groups is 2. The van der Waals surface area contributed by atoms with Crippen molar-refractivity contribution in [1.82, 2.24) is 24.4 Å². The fraction of sp³-hybridized carbons (Fsp3) is 0.292. The maximum Gasteiger partial charge on any atom is 0.273 e. The Morgan fingerprint density at radius 3 is 2.84 bits per heavy atom. The van der Waals surface area contributed by atoms with E-state index in [0.717, 1.165) is 6.42 Å². The fourth-order valence-electron chi connectivity index (χ4n) is 5.39. The molecule has 13 nitrogen and oxygen atoms in total. The molecule has 1 saturated carbocycles. The Morgan fingerprint density at radius 1 is 1.29 bits per heavy atom. The Bertz CT molecular complexity index is 1660. The van der Waals surface area contributed by atoms with Gasteiger partial charge < -0.3 is 25.3 Å². The van der Waals surface area contributed by atoms with Gasteiger partial charge in [-0.15, -0.1) is 0 Å². The van der Waals surface area contributed by atoms with E-state index in [2.05, 4.69) is 36.2 Å². The van der Waals surface area contributed by atoms with Crippen molar-refractivity contribution in [2.24, 2.45) is 5.92 Å². The Kier molecular flexibility index (Phi) is 5.63. The van der Waals surface area contributed by atoms with Crippen LogP contribution in [0.15, 0.2) is 41.3 Å². The van der Waals surface area contributed by atoms with Gasteiger partial charge in [-0.1, -0.05) is 6.07 Å². The molecule has 0 unspecified atom stereocenters. The van der Waals surface area contributed by atoms with Crippen LogP contribution < -0.4 is 15.8 Å². The van der Waals surface area contributed by atoms with Gasteiger partial charge in [-0.05, 0) is 46.8 Å². The molecule has 3 N–H and O–H groups in total. The molecule has 6 rings (SSSR count). The number of aromatic nitrogens is 4. The number of rotatable bonds is 6. The molecule has 2 amide bonds. The summed E-state index contributed by atoms with van der Waals surface area (Å²) in [7, 11) is 1.39. The number of piperidine rings is 1. The number of hydrogen-bond donors (Lipinski definition) is 2. The third kappa shape index (κ3) is 3.88. The molecule has 4 aromatic rings. The maximum atomic E-state index is 13.8. The van der Waals surface area contributed by atoms with Crippen molar-refractivity contribution >= 4 is 67.0 Å². The van der Waals surface area contributed by atoms with Crippen molar-refractivity contribution in [1.29, 1.82) is 0 Å². The standard InChI is InChI=1S/C24H21BrN8O5/c1-38-16-8-12(33(36)37)7-13-20-22(26)27-10-28-23(20)31(21(13)16)9-19(34)32-14-5-11(14)6-15(32)24(35)30-18-4-2-3-17(25)29-18/h2-4,7-8,10-11,14-15H,5-6,9H2,1H3,(H2,26,27,28)(H,29,30,35)/t11-,14-,15+/m1/s1. The van der Waals surface area contributed by atoms with E-state index in [4.69, 9.17) is 10.5 Å². The number of methoxy groups -OCH3 is 1. The minimum atomic E-state index is -0.650. The largest absolute Gasteiger partial charge is 0.494 e. The van der Waals surface area contributed by atoms with E-state index in [1.165, 1.54) is 25.6 Å². The molecule has 1 aliphatic heterocycles. The number of nitro groups is 1. The number of nitrogens with one attached hydrogen (secondary N) is 1. The maximum absolute atomic E-state index is 13.8. The van der Waals surface area contributed by atoms with Crippen LogP contribution in [0.25, 0.3) is 21.9 Å². The Hall–Kier alpha value is -4.33. The van der Waals surface area contributed by atoms with Crippen LogP contribution in [0.1, 0.15) is 12.8 Å². The lowest BCUT2D eigenvalue weighted by Gasteiger charge is -2.27. The predicted octanol–water partition coefficient (Wildman–Crippen LogP) is 2.87. The zero-order valence-electron chi connectivity index (χ0n) is 20.0. The van der Waals surface area contributed by atoms with Crippen LogP contribution in [0.3, 0.4) is 0 Å². The summed E-state index contributed by atoms with van der Waals surface area (Å²) in [6, 6.07) is 7.18. The number of nitrogens with two attached hydrogens (primary N) is 1. The number of likely N-dealkylation sites (tertiary alicyclic amines) is 1. The van der Waals surface area contributed by atoms with Crippen molar-refractivity contribution in [3.63, 3.8) is 0 Å². The highest BCUT2D eigenvalue weighted by Crippen LogP contribution is 2.48. The molecular weight excluding hydrogens is 560 g/mol. The quantitative estimate of drug-likeness (QED) is 0.197. The molecule has 2 fully saturated rings. The Labute approximate surface area is 223 Å². The van der Waals surface area contributed by atoms with Crippen LogP contribution in [0.4, 0.5) is 17.3 Å². The third-order valence-electron chi connectivity index (χ3n) is 7.10. The van der Waals surface area contributed by atoms with Gasteiger partial charge in [0.1, 0.15) is 46.5 Å². The van der Waals surface area contributed by atoms with Crippen molar-refractivity contribution in [2.45, 2.75) is 31.5 Å². The number of benzene rings is 1. The highest BCUT2D eigenvalue weighted by Gasteiger charge is 2.56. The van der Waals surface area contributed by atoms with E-state index in [-0.39, 0.29) is 47.6 Å². The van der Waals surface area contributed by atoms with Gasteiger partial charge in [-0.3, -0.25) is 19.7 Å².